The van der Waals surface area contributed by atoms with Gasteiger partial charge in [-0.25, -0.2) is 8.42 Å². The first-order valence-electron chi connectivity index (χ1n) is 2.89. The monoisotopic (exact) mass is 174 g/mol. The van der Waals surface area contributed by atoms with Crippen LogP contribution in [0.2, 0.25) is 0 Å². The summed E-state index contributed by atoms with van der Waals surface area (Å²) in [4.78, 5) is 0. The summed E-state index contributed by atoms with van der Waals surface area (Å²) in [5.41, 5.74) is 10.0. The summed E-state index contributed by atoms with van der Waals surface area (Å²) in [5, 5.41) is -1.30. The molecule has 0 aliphatic carbocycles. The Bertz CT molecular complexity index is 182. The standard InChI is InChI=1S/C4H12N2O3S.Li/c5-3-1-2-4(6)10(7,8)9;/h4H,1-3,5-6H2,(H,7,8,9);/q;+1/p-1. The van der Waals surface area contributed by atoms with Crippen molar-refractivity contribution in [3.05, 3.63) is 0 Å². The number of hydrogen-bond donors (Lipinski definition) is 2. The maximum atomic E-state index is 10.1. The van der Waals surface area contributed by atoms with Crippen molar-refractivity contribution in [2.75, 3.05) is 6.54 Å². The molecule has 1 atom stereocenters. The maximum Gasteiger partial charge on any atom is 1.00 e. The van der Waals surface area contributed by atoms with Crippen molar-refractivity contribution >= 4 is 10.1 Å². The van der Waals surface area contributed by atoms with E-state index in [4.69, 9.17) is 11.5 Å². The fraction of sp³-hybridized carbons (Fsp3) is 1.00. The molecule has 0 rings (SSSR count). The van der Waals surface area contributed by atoms with Crippen LogP contribution in [-0.2, 0) is 10.1 Å². The predicted octanol–water partition coefficient (Wildman–Crippen LogP) is -4.44. The first-order valence-corrected chi connectivity index (χ1v) is 4.36. The molecule has 5 nitrogen and oxygen atoms in total. The van der Waals surface area contributed by atoms with Gasteiger partial charge < -0.3 is 16.0 Å². The Labute approximate surface area is 78.4 Å². The van der Waals surface area contributed by atoms with Crippen LogP contribution in [-0.4, -0.2) is 24.9 Å². The number of nitrogens with two attached hydrogens (primary N) is 2. The molecule has 0 fully saturated rings. The van der Waals surface area contributed by atoms with E-state index < -0.39 is 15.5 Å². The first kappa shape index (κ1) is 14.0. The zero-order valence-corrected chi connectivity index (χ0v) is 7.30. The third kappa shape index (κ3) is 6.81. The summed E-state index contributed by atoms with van der Waals surface area (Å²) in [6.45, 7) is 0.350. The van der Waals surface area contributed by atoms with Crippen LogP contribution in [0, 0.1) is 0 Å². The zero-order valence-electron chi connectivity index (χ0n) is 6.49. The van der Waals surface area contributed by atoms with Gasteiger partial charge in [-0.05, 0) is 19.4 Å². The van der Waals surface area contributed by atoms with E-state index in [1.54, 1.807) is 0 Å². The van der Waals surface area contributed by atoms with Gasteiger partial charge in [0.15, 0.2) is 0 Å². The van der Waals surface area contributed by atoms with Gasteiger partial charge in [0.25, 0.3) is 0 Å². The van der Waals surface area contributed by atoms with Gasteiger partial charge in [-0.2, -0.15) is 0 Å². The Hall–Kier alpha value is 0.427. The molecule has 7 heteroatoms. The van der Waals surface area contributed by atoms with Gasteiger partial charge in [0.05, 0.1) is 5.37 Å². The molecular formula is C4H11LiN2O3S. The van der Waals surface area contributed by atoms with E-state index in [1.165, 1.54) is 0 Å². The van der Waals surface area contributed by atoms with Crippen LogP contribution in [0.5, 0.6) is 0 Å². The molecule has 0 bridgehead atoms. The first-order chi connectivity index (χ1) is 4.48. The minimum Gasteiger partial charge on any atom is -0.747 e. The molecule has 0 saturated carbocycles. The molecule has 0 saturated heterocycles. The van der Waals surface area contributed by atoms with E-state index >= 15 is 0 Å². The maximum absolute atomic E-state index is 10.1. The Morgan fingerprint density at radius 3 is 2.18 bits per heavy atom. The Morgan fingerprint density at radius 2 is 1.91 bits per heavy atom. The van der Waals surface area contributed by atoms with Crippen LogP contribution in [0.1, 0.15) is 12.8 Å². The summed E-state index contributed by atoms with van der Waals surface area (Å²) in [5.74, 6) is 0. The average molecular weight is 174 g/mol. The second-order valence-corrected chi connectivity index (χ2v) is 3.55. The largest absolute Gasteiger partial charge is 1.00 e. The van der Waals surface area contributed by atoms with Gasteiger partial charge in [0, 0.05) is 0 Å². The smallest absolute Gasteiger partial charge is 0.747 e. The summed E-state index contributed by atoms with van der Waals surface area (Å²) >= 11 is 0. The van der Waals surface area contributed by atoms with Crippen molar-refractivity contribution < 1.29 is 31.8 Å². The minimum atomic E-state index is -4.30. The van der Waals surface area contributed by atoms with Gasteiger partial charge in [-0.1, -0.05) is 0 Å². The van der Waals surface area contributed by atoms with Gasteiger partial charge in [0.2, 0.25) is 0 Å². The molecule has 0 spiro atoms. The van der Waals surface area contributed by atoms with Crippen LogP contribution in [0.3, 0.4) is 0 Å². The SMILES string of the molecule is NCCCC(N)S(=O)(=O)[O-].[Li+]. The summed E-state index contributed by atoms with van der Waals surface area (Å²) < 4.78 is 30.3. The van der Waals surface area contributed by atoms with Crippen molar-refractivity contribution in [1.29, 1.82) is 0 Å². The van der Waals surface area contributed by atoms with Crippen molar-refractivity contribution in [2.45, 2.75) is 18.2 Å². The van der Waals surface area contributed by atoms with Crippen molar-refractivity contribution in [1.82, 2.24) is 0 Å². The predicted molar refractivity (Wildman–Crippen MR) is 36.0 cm³/mol. The van der Waals surface area contributed by atoms with Gasteiger partial charge in [-0.15, -0.1) is 0 Å². The van der Waals surface area contributed by atoms with E-state index in [9.17, 15) is 13.0 Å². The van der Waals surface area contributed by atoms with Crippen LogP contribution in [0.25, 0.3) is 0 Å². The number of rotatable bonds is 4. The molecule has 1 unspecified atom stereocenters. The second-order valence-electron chi connectivity index (χ2n) is 1.96. The Balaban J connectivity index is 0. The summed E-state index contributed by atoms with van der Waals surface area (Å²) in [6, 6.07) is 0. The summed E-state index contributed by atoms with van der Waals surface area (Å²) in [6.07, 6.45) is 0.602. The molecule has 0 aromatic heterocycles. The molecule has 0 aliphatic rings. The third-order valence-electron chi connectivity index (χ3n) is 1.06. The van der Waals surface area contributed by atoms with E-state index in [0.717, 1.165) is 0 Å². The Kier molecular flexibility index (Phi) is 7.63. The molecule has 0 radical (unpaired) electrons. The van der Waals surface area contributed by atoms with Gasteiger partial charge in [0.1, 0.15) is 10.1 Å². The molecule has 0 aliphatic heterocycles. The van der Waals surface area contributed by atoms with Crippen LogP contribution in [0.15, 0.2) is 0 Å². The minimum absolute atomic E-state index is 0. The topological polar surface area (TPSA) is 109 Å². The molecule has 0 heterocycles. The van der Waals surface area contributed by atoms with Gasteiger partial charge in [-0.3, -0.25) is 0 Å². The third-order valence-corrected chi connectivity index (χ3v) is 2.04. The fourth-order valence-electron chi connectivity index (χ4n) is 0.463. The molecule has 0 aromatic rings. The van der Waals surface area contributed by atoms with Crippen LogP contribution in [0.4, 0.5) is 0 Å². The van der Waals surface area contributed by atoms with E-state index in [0.29, 0.717) is 13.0 Å². The van der Waals surface area contributed by atoms with Crippen molar-refractivity contribution in [2.24, 2.45) is 11.5 Å². The van der Waals surface area contributed by atoms with Gasteiger partial charge >= 0.3 is 18.9 Å². The zero-order chi connectivity index (χ0) is 8.20. The molecule has 62 valence electrons. The Morgan fingerprint density at radius 1 is 1.45 bits per heavy atom. The van der Waals surface area contributed by atoms with E-state index in [2.05, 4.69) is 0 Å². The van der Waals surface area contributed by atoms with E-state index in [1.807, 2.05) is 0 Å². The normalized spacial score (nSPS) is 13.7. The molecular weight excluding hydrogens is 163 g/mol. The van der Waals surface area contributed by atoms with E-state index in [-0.39, 0.29) is 25.3 Å². The molecule has 0 amide bonds. The molecule has 0 aromatic carbocycles. The summed E-state index contributed by atoms with van der Waals surface area (Å²) in [7, 11) is -4.30. The van der Waals surface area contributed by atoms with Crippen LogP contribution < -0.4 is 30.3 Å². The molecule has 4 N–H and O–H groups in total. The van der Waals surface area contributed by atoms with Crippen molar-refractivity contribution in [3.63, 3.8) is 0 Å². The van der Waals surface area contributed by atoms with Crippen LogP contribution >= 0.6 is 0 Å². The molecule has 11 heavy (non-hydrogen) atoms. The fourth-order valence-corrected chi connectivity index (χ4v) is 0.919. The quantitative estimate of drug-likeness (QED) is 0.330. The number of hydrogen-bond acceptors (Lipinski definition) is 5. The average Bonchev–Trinajstić information content (AvgIpc) is 1.80. The van der Waals surface area contributed by atoms with Crippen molar-refractivity contribution in [3.8, 4) is 0 Å². The second kappa shape index (κ2) is 6.00.